The number of pyridine rings is 1. The number of rotatable bonds is 4. The van der Waals surface area contributed by atoms with E-state index in [-0.39, 0.29) is 5.78 Å². The summed E-state index contributed by atoms with van der Waals surface area (Å²) in [6.07, 6.45) is 3.04. The summed E-state index contributed by atoms with van der Waals surface area (Å²) in [6.45, 7) is 3.84. The normalized spacial score (nSPS) is 10.3. The summed E-state index contributed by atoms with van der Waals surface area (Å²) < 4.78 is 0. The fourth-order valence-electron chi connectivity index (χ4n) is 1.66. The van der Waals surface area contributed by atoms with Crippen molar-refractivity contribution in [2.75, 3.05) is 5.32 Å². The van der Waals surface area contributed by atoms with Crippen molar-refractivity contribution in [1.29, 1.82) is 0 Å². The third-order valence-electron chi connectivity index (χ3n) is 2.57. The second-order valence-electron chi connectivity index (χ2n) is 4.07. The fraction of sp³-hybridized carbons (Fsp3) is 0.231. The highest BCUT2D eigenvalue weighted by atomic mass is 35.5. The zero-order valence-electron chi connectivity index (χ0n) is 10.6. The van der Waals surface area contributed by atoms with Crippen LogP contribution in [0.1, 0.15) is 28.7 Å². The molecular formula is C13H13ClN4O. The molecule has 5 nitrogen and oxygen atoms in total. The number of nitrogens with zero attached hydrogens (tertiary/aromatic N) is 3. The van der Waals surface area contributed by atoms with Crippen LogP contribution in [0.4, 0.5) is 5.95 Å². The fourth-order valence-corrected chi connectivity index (χ4v) is 1.75. The predicted molar refractivity (Wildman–Crippen MR) is 73.3 cm³/mol. The highest BCUT2D eigenvalue weighted by Crippen LogP contribution is 2.10. The molecule has 0 aromatic carbocycles. The number of ketones is 1. The smallest absolute Gasteiger partial charge is 0.222 e. The van der Waals surface area contributed by atoms with Crippen molar-refractivity contribution in [3.05, 3.63) is 46.5 Å². The van der Waals surface area contributed by atoms with E-state index in [9.17, 15) is 4.79 Å². The largest absolute Gasteiger partial charge is 0.349 e. The van der Waals surface area contributed by atoms with E-state index < -0.39 is 0 Å². The zero-order chi connectivity index (χ0) is 13.8. The number of aromatic nitrogens is 3. The number of carbonyl (C=O) groups excluding carboxylic acids is 1. The molecule has 0 radical (unpaired) electrons. The molecule has 0 aliphatic rings. The molecule has 0 amide bonds. The minimum absolute atomic E-state index is 0.0190. The Morgan fingerprint density at radius 3 is 2.58 bits per heavy atom. The van der Waals surface area contributed by atoms with E-state index in [2.05, 4.69) is 20.3 Å². The van der Waals surface area contributed by atoms with Crippen LogP contribution in [0.15, 0.2) is 24.5 Å². The Hall–Kier alpha value is -2.01. The molecule has 0 spiro atoms. The van der Waals surface area contributed by atoms with E-state index in [4.69, 9.17) is 11.6 Å². The average molecular weight is 277 g/mol. The van der Waals surface area contributed by atoms with E-state index >= 15 is 0 Å². The van der Waals surface area contributed by atoms with E-state index in [1.54, 1.807) is 6.07 Å². The van der Waals surface area contributed by atoms with Crippen molar-refractivity contribution >= 4 is 23.3 Å². The van der Waals surface area contributed by atoms with Gasteiger partial charge >= 0.3 is 0 Å². The monoisotopic (exact) mass is 276 g/mol. The van der Waals surface area contributed by atoms with Gasteiger partial charge in [-0.1, -0.05) is 11.6 Å². The van der Waals surface area contributed by atoms with Crippen LogP contribution < -0.4 is 5.32 Å². The van der Waals surface area contributed by atoms with Gasteiger partial charge in [0.1, 0.15) is 0 Å². The van der Waals surface area contributed by atoms with Gasteiger partial charge in [-0.15, -0.1) is 0 Å². The number of hydrogen-bond acceptors (Lipinski definition) is 5. The van der Waals surface area contributed by atoms with Gasteiger partial charge in [0.2, 0.25) is 5.95 Å². The summed E-state index contributed by atoms with van der Waals surface area (Å²) in [5.41, 5.74) is 2.19. The van der Waals surface area contributed by atoms with Gasteiger partial charge in [0.05, 0.1) is 29.7 Å². The molecule has 0 unspecified atom stereocenters. The van der Waals surface area contributed by atoms with Crippen molar-refractivity contribution in [1.82, 2.24) is 15.0 Å². The number of Topliss-reactive ketones (excluding diaryl/α,β-unsaturated/α-hetero) is 1. The summed E-state index contributed by atoms with van der Waals surface area (Å²) in [5.74, 6) is 0.505. The number of nitrogens with one attached hydrogen (secondary N) is 1. The molecule has 2 rings (SSSR count). The molecule has 2 aromatic rings. The van der Waals surface area contributed by atoms with Crippen LogP contribution in [0.5, 0.6) is 0 Å². The molecule has 2 aromatic heterocycles. The van der Waals surface area contributed by atoms with Gasteiger partial charge in [-0.2, -0.15) is 0 Å². The Morgan fingerprint density at radius 1 is 1.32 bits per heavy atom. The summed E-state index contributed by atoms with van der Waals surface area (Å²) >= 11 is 5.70. The molecule has 0 saturated heterocycles. The molecule has 98 valence electrons. The highest BCUT2D eigenvalue weighted by Gasteiger charge is 2.06. The topological polar surface area (TPSA) is 67.8 Å². The molecular weight excluding hydrogens is 264 g/mol. The second-order valence-corrected chi connectivity index (χ2v) is 4.51. The molecule has 2 heterocycles. The summed E-state index contributed by atoms with van der Waals surface area (Å²) in [7, 11) is 0. The maximum Gasteiger partial charge on any atom is 0.222 e. The molecule has 1 N–H and O–H groups in total. The van der Waals surface area contributed by atoms with Crippen molar-refractivity contribution < 1.29 is 4.79 Å². The molecule has 0 saturated carbocycles. The molecule has 0 aliphatic carbocycles. The maximum absolute atomic E-state index is 11.3. The van der Waals surface area contributed by atoms with Gasteiger partial charge in [-0.3, -0.25) is 9.78 Å². The predicted octanol–water partition coefficient (Wildman–Crippen LogP) is 2.65. The van der Waals surface area contributed by atoms with Crippen LogP contribution in [-0.4, -0.2) is 20.7 Å². The summed E-state index contributed by atoms with van der Waals surface area (Å²) in [5, 5.41) is 3.53. The first-order valence-electron chi connectivity index (χ1n) is 5.75. The Labute approximate surface area is 116 Å². The molecule has 0 aliphatic heterocycles. The Kier molecular flexibility index (Phi) is 4.06. The van der Waals surface area contributed by atoms with Gasteiger partial charge in [0, 0.05) is 11.3 Å². The minimum Gasteiger partial charge on any atom is -0.349 e. The number of hydrogen-bond donors (Lipinski definition) is 1. The standard InChI is InChI=1S/C13H13ClN4O/c1-8-12(9(2)19)4-3-11(18-8)7-17-13-15-5-10(14)6-16-13/h3-6H,7H2,1-2H3,(H,15,16,17). The lowest BCUT2D eigenvalue weighted by Gasteiger charge is -2.07. The van der Waals surface area contributed by atoms with Crippen LogP contribution in [-0.2, 0) is 6.54 Å². The van der Waals surface area contributed by atoms with Crippen molar-refractivity contribution in [3.8, 4) is 0 Å². The first-order chi connectivity index (χ1) is 9.06. The van der Waals surface area contributed by atoms with Crippen molar-refractivity contribution in [2.45, 2.75) is 20.4 Å². The SMILES string of the molecule is CC(=O)c1ccc(CNc2ncc(Cl)cn2)nc1C. The quantitative estimate of drug-likeness (QED) is 0.870. The lowest BCUT2D eigenvalue weighted by Crippen LogP contribution is -2.07. The van der Waals surface area contributed by atoms with Gasteiger partial charge in [0.25, 0.3) is 0 Å². The average Bonchev–Trinajstić information content (AvgIpc) is 2.37. The zero-order valence-corrected chi connectivity index (χ0v) is 11.4. The number of carbonyl (C=O) groups is 1. The van der Waals surface area contributed by atoms with Gasteiger partial charge in [-0.05, 0) is 26.0 Å². The lowest BCUT2D eigenvalue weighted by atomic mass is 10.1. The van der Waals surface area contributed by atoms with Crippen molar-refractivity contribution in [2.24, 2.45) is 0 Å². The van der Waals surface area contributed by atoms with E-state index in [0.29, 0.717) is 23.1 Å². The van der Waals surface area contributed by atoms with Crippen LogP contribution in [0, 0.1) is 6.92 Å². The van der Waals surface area contributed by atoms with Crippen molar-refractivity contribution in [3.63, 3.8) is 0 Å². The van der Waals surface area contributed by atoms with Crippen LogP contribution in [0.25, 0.3) is 0 Å². The molecule has 19 heavy (non-hydrogen) atoms. The van der Waals surface area contributed by atoms with E-state index in [0.717, 1.165) is 11.4 Å². The summed E-state index contributed by atoms with van der Waals surface area (Å²) in [6, 6.07) is 3.59. The Bertz CT molecular complexity index is 598. The van der Waals surface area contributed by atoms with Gasteiger partial charge in [-0.25, -0.2) is 9.97 Å². The molecule has 6 heteroatoms. The third kappa shape index (κ3) is 3.48. The molecule has 0 atom stereocenters. The summed E-state index contributed by atoms with van der Waals surface area (Å²) in [4.78, 5) is 23.7. The Morgan fingerprint density at radius 2 is 2.00 bits per heavy atom. The van der Waals surface area contributed by atoms with Gasteiger partial charge in [0.15, 0.2) is 5.78 Å². The number of halogens is 1. The lowest BCUT2D eigenvalue weighted by molar-refractivity contribution is 0.101. The maximum atomic E-state index is 11.3. The first-order valence-corrected chi connectivity index (χ1v) is 6.13. The minimum atomic E-state index is 0.0190. The molecule has 0 fully saturated rings. The Balaban J connectivity index is 2.06. The van der Waals surface area contributed by atoms with E-state index in [1.165, 1.54) is 19.3 Å². The third-order valence-corrected chi connectivity index (χ3v) is 2.77. The number of aryl methyl sites for hydroxylation is 1. The van der Waals surface area contributed by atoms with Crippen LogP contribution >= 0.6 is 11.6 Å². The first kappa shape index (κ1) is 13.4. The molecule has 0 bridgehead atoms. The van der Waals surface area contributed by atoms with Crippen LogP contribution in [0.2, 0.25) is 5.02 Å². The van der Waals surface area contributed by atoms with Gasteiger partial charge < -0.3 is 5.32 Å². The second kappa shape index (κ2) is 5.75. The highest BCUT2D eigenvalue weighted by molar-refractivity contribution is 6.30. The number of anilines is 1. The van der Waals surface area contributed by atoms with Crippen LogP contribution in [0.3, 0.4) is 0 Å². The van der Waals surface area contributed by atoms with E-state index in [1.807, 2.05) is 13.0 Å².